The summed E-state index contributed by atoms with van der Waals surface area (Å²) in [6.45, 7) is 4.03. The maximum Gasteiger partial charge on any atom is 0.338 e. The Labute approximate surface area is 196 Å². The van der Waals surface area contributed by atoms with Crippen LogP contribution in [0.4, 0.5) is 10.1 Å². The van der Waals surface area contributed by atoms with Gasteiger partial charge < -0.3 is 14.8 Å². The highest BCUT2D eigenvalue weighted by atomic mass is 32.2. The predicted octanol–water partition coefficient (Wildman–Crippen LogP) is 3.22. The van der Waals surface area contributed by atoms with Crippen molar-refractivity contribution in [3.8, 4) is 0 Å². The molecule has 182 valence electrons. The van der Waals surface area contributed by atoms with Crippen molar-refractivity contribution in [2.45, 2.75) is 31.6 Å². The highest BCUT2D eigenvalue weighted by Crippen LogP contribution is 2.25. The summed E-state index contributed by atoms with van der Waals surface area (Å²) in [6, 6.07) is 6.93. The van der Waals surface area contributed by atoms with Crippen LogP contribution in [0.1, 0.15) is 57.8 Å². The zero-order chi connectivity index (χ0) is 24.9. The Morgan fingerprint density at radius 2 is 1.47 bits per heavy atom. The fourth-order valence-corrected chi connectivity index (χ4v) is 5.08. The van der Waals surface area contributed by atoms with E-state index >= 15 is 0 Å². The Kier molecular flexibility index (Phi) is 8.00. The van der Waals surface area contributed by atoms with Crippen LogP contribution in [0.3, 0.4) is 0 Å². The molecule has 9 nitrogen and oxygen atoms in total. The van der Waals surface area contributed by atoms with Crippen molar-refractivity contribution in [2.24, 2.45) is 0 Å². The summed E-state index contributed by atoms with van der Waals surface area (Å²) >= 11 is 0. The van der Waals surface area contributed by atoms with Gasteiger partial charge in [0.25, 0.3) is 5.91 Å². The van der Waals surface area contributed by atoms with Gasteiger partial charge in [0.05, 0.1) is 24.3 Å². The van der Waals surface area contributed by atoms with E-state index in [1.165, 1.54) is 22.5 Å². The molecular weight excluding hydrogens is 467 g/mol. The zero-order valence-electron chi connectivity index (χ0n) is 18.8. The van der Waals surface area contributed by atoms with Gasteiger partial charge in [-0.3, -0.25) is 4.79 Å². The number of hydrogen-bond donors (Lipinski definition) is 1. The lowest BCUT2D eigenvalue weighted by molar-refractivity contribution is 0.0525. The topological polar surface area (TPSA) is 119 Å². The van der Waals surface area contributed by atoms with E-state index in [4.69, 9.17) is 9.47 Å². The van der Waals surface area contributed by atoms with Crippen molar-refractivity contribution >= 4 is 33.6 Å². The van der Waals surface area contributed by atoms with Crippen LogP contribution < -0.4 is 5.32 Å². The lowest BCUT2D eigenvalue weighted by atomic mass is 10.1. The first-order valence-electron chi connectivity index (χ1n) is 10.8. The number of anilines is 1. The molecule has 0 atom stereocenters. The third-order valence-corrected chi connectivity index (χ3v) is 7.00. The molecule has 0 aliphatic carbocycles. The number of ether oxygens (including phenoxy) is 2. The third-order valence-electron chi connectivity index (χ3n) is 5.09. The lowest BCUT2D eigenvalue weighted by Gasteiger charge is -2.16. The molecule has 0 unspecified atom stereocenters. The standard InChI is InChI=1S/C23H25FN2O7S/c1-3-32-22(28)16-11-17(23(29)33-4-2)13-18(12-16)25-21(27)15-7-8-19(24)20(14-15)34(30,31)26-9-5-6-10-26/h7-8,11-14H,3-6,9-10H2,1-2H3,(H,25,27). The first-order valence-corrected chi connectivity index (χ1v) is 12.2. The first-order chi connectivity index (χ1) is 16.2. The smallest absolute Gasteiger partial charge is 0.338 e. The molecule has 34 heavy (non-hydrogen) atoms. The van der Waals surface area contributed by atoms with E-state index in [1.54, 1.807) is 13.8 Å². The van der Waals surface area contributed by atoms with Gasteiger partial charge in [-0.2, -0.15) is 4.31 Å². The molecule has 1 saturated heterocycles. The number of rotatable bonds is 8. The molecule has 1 fully saturated rings. The molecule has 0 radical (unpaired) electrons. The van der Waals surface area contributed by atoms with Crippen LogP contribution in [0.15, 0.2) is 41.3 Å². The molecule has 2 aromatic rings. The van der Waals surface area contributed by atoms with Crippen molar-refractivity contribution in [3.63, 3.8) is 0 Å². The lowest BCUT2D eigenvalue weighted by Crippen LogP contribution is -2.29. The van der Waals surface area contributed by atoms with E-state index < -0.39 is 38.6 Å². The fourth-order valence-electron chi connectivity index (χ4n) is 3.48. The molecule has 0 saturated carbocycles. The molecule has 3 rings (SSSR count). The number of nitrogens with one attached hydrogen (secondary N) is 1. The van der Waals surface area contributed by atoms with E-state index in [0.29, 0.717) is 12.8 Å². The molecule has 1 N–H and O–H groups in total. The minimum Gasteiger partial charge on any atom is -0.462 e. The monoisotopic (exact) mass is 492 g/mol. The van der Waals surface area contributed by atoms with Crippen LogP contribution in [-0.4, -0.2) is 56.9 Å². The highest BCUT2D eigenvalue weighted by Gasteiger charge is 2.30. The molecular formula is C23H25FN2O7S. The predicted molar refractivity (Wildman–Crippen MR) is 121 cm³/mol. The van der Waals surface area contributed by atoms with Gasteiger partial charge in [0.1, 0.15) is 10.7 Å². The van der Waals surface area contributed by atoms with E-state index in [1.807, 2.05) is 0 Å². The molecule has 1 aliphatic heterocycles. The Morgan fingerprint density at radius 3 is 2.00 bits per heavy atom. The largest absolute Gasteiger partial charge is 0.462 e. The molecule has 1 heterocycles. The van der Waals surface area contributed by atoms with Gasteiger partial charge in [0, 0.05) is 24.3 Å². The van der Waals surface area contributed by atoms with Gasteiger partial charge >= 0.3 is 11.9 Å². The summed E-state index contributed by atoms with van der Waals surface area (Å²) in [6.07, 6.45) is 1.36. The highest BCUT2D eigenvalue weighted by molar-refractivity contribution is 7.89. The number of halogens is 1. The van der Waals surface area contributed by atoms with Gasteiger partial charge in [-0.1, -0.05) is 0 Å². The van der Waals surface area contributed by atoms with E-state index in [0.717, 1.165) is 18.2 Å². The number of carbonyl (C=O) groups is 3. The van der Waals surface area contributed by atoms with Crippen molar-refractivity contribution in [3.05, 3.63) is 58.9 Å². The summed E-state index contributed by atoms with van der Waals surface area (Å²) in [4.78, 5) is 36.7. The second kappa shape index (κ2) is 10.7. The van der Waals surface area contributed by atoms with Gasteiger partial charge in [-0.05, 0) is 63.1 Å². The van der Waals surface area contributed by atoms with Crippen LogP contribution in [-0.2, 0) is 19.5 Å². The normalized spacial score (nSPS) is 14.0. The molecule has 11 heteroatoms. The van der Waals surface area contributed by atoms with Crippen molar-refractivity contribution < 1.29 is 36.7 Å². The average molecular weight is 493 g/mol. The maximum atomic E-state index is 14.4. The van der Waals surface area contributed by atoms with Crippen LogP contribution in [0, 0.1) is 5.82 Å². The minimum atomic E-state index is -4.09. The van der Waals surface area contributed by atoms with Gasteiger partial charge in [0.15, 0.2) is 0 Å². The van der Waals surface area contributed by atoms with Crippen LogP contribution in [0.2, 0.25) is 0 Å². The summed E-state index contributed by atoms with van der Waals surface area (Å²) < 4.78 is 51.1. The van der Waals surface area contributed by atoms with Crippen molar-refractivity contribution in [1.82, 2.24) is 4.31 Å². The SMILES string of the molecule is CCOC(=O)c1cc(NC(=O)c2ccc(F)c(S(=O)(=O)N3CCCC3)c2)cc(C(=O)OCC)c1. The number of sulfonamides is 1. The number of nitrogens with zero attached hydrogens (tertiary/aromatic N) is 1. The summed E-state index contributed by atoms with van der Waals surface area (Å²) in [5.74, 6) is -3.12. The summed E-state index contributed by atoms with van der Waals surface area (Å²) in [7, 11) is -4.09. The van der Waals surface area contributed by atoms with Crippen LogP contribution in [0.5, 0.6) is 0 Å². The molecule has 1 amide bonds. The van der Waals surface area contributed by atoms with E-state index in [9.17, 15) is 27.2 Å². The molecule has 0 aromatic heterocycles. The number of hydrogen-bond acceptors (Lipinski definition) is 7. The summed E-state index contributed by atoms with van der Waals surface area (Å²) in [5.41, 5.74) is -0.0107. The molecule has 0 bridgehead atoms. The maximum absolute atomic E-state index is 14.4. The fraction of sp³-hybridized carbons (Fsp3) is 0.348. The zero-order valence-corrected chi connectivity index (χ0v) is 19.6. The number of esters is 2. The van der Waals surface area contributed by atoms with E-state index in [-0.39, 0.29) is 48.7 Å². The quantitative estimate of drug-likeness (QED) is 0.562. The Hall–Kier alpha value is -3.31. The van der Waals surface area contributed by atoms with E-state index in [2.05, 4.69) is 5.32 Å². The second-order valence-corrected chi connectivity index (χ2v) is 9.36. The molecule has 1 aliphatic rings. The molecule has 0 spiro atoms. The number of amides is 1. The average Bonchev–Trinajstić information content (AvgIpc) is 3.35. The Bertz CT molecular complexity index is 1170. The third kappa shape index (κ3) is 5.60. The number of carbonyl (C=O) groups excluding carboxylic acids is 3. The first kappa shape index (κ1) is 25.3. The van der Waals surface area contributed by atoms with Gasteiger partial charge in [-0.15, -0.1) is 0 Å². The minimum absolute atomic E-state index is 0.0131. The van der Waals surface area contributed by atoms with Crippen molar-refractivity contribution in [1.29, 1.82) is 0 Å². The van der Waals surface area contributed by atoms with Gasteiger partial charge in [-0.25, -0.2) is 22.4 Å². The number of benzene rings is 2. The molecule has 2 aromatic carbocycles. The Balaban J connectivity index is 1.93. The van der Waals surface area contributed by atoms with Gasteiger partial charge in [0.2, 0.25) is 10.0 Å². The summed E-state index contributed by atoms with van der Waals surface area (Å²) in [5, 5.41) is 2.52. The van der Waals surface area contributed by atoms with Crippen molar-refractivity contribution in [2.75, 3.05) is 31.6 Å². The van der Waals surface area contributed by atoms with Crippen LogP contribution in [0.25, 0.3) is 0 Å². The van der Waals surface area contributed by atoms with Crippen LogP contribution >= 0.6 is 0 Å². The second-order valence-electron chi connectivity index (χ2n) is 7.45. The Morgan fingerprint density at radius 1 is 0.912 bits per heavy atom.